The minimum absolute atomic E-state index is 0.0187. The van der Waals surface area contributed by atoms with Crippen LogP contribution in [0.1, 0.15) is 11.9 Å². The van der Waals surface area contributed by atoms with Crippen LogP contribution >= 0.6 is 0 Å². The monoisotopic (exact) mass is 179 g/mol. The standard InChI is InChI=1S/C10H13NO2/c1-11-9-7-12-10(13-9)8-5-3-2-4-6-8/h2-6,9-11H,7H2,1H3. The minimum atomic E-state index is -0.210. The molecule has 3 heteroatoms. The molecule has 2 rings (SSSR count). The van der Waals surface area contributed by atoms with Crippen LogP contribution < -0.4 is 5.32 Å². The van der Waals surface area contributed by atoms with E-state index in [9.17, 15) is 0 Å². The quantitative estimate of drug-likeness (QED) is 0.741. The average Bonchev–Trinajstić information content (AvgIpc) is 2.67. The van der Waals surface area contributed by atoms with Crippen molar-refractivity contribution in [3.05, 3.63) is 35.9 Å². The van der Waals surface area contributed by atoms with Crippen molar-refractivity contribution in [2.75, 3.05) is 13.7 Å². The second-order valence-corrected chi connectivity index (χ2v) is 2.99. The third-order valence-electron chi connectivity index (χ3n) is 2.08. The van der Waals surface area contributed by atoms with Crippen molar-refractivity contribution in [1.29, 1.82) is 0 Å². The van der Waals surface area contributed by atoms with Crippen molar-refractivity contribution in [3.63, 3.8) is 0 Å². The van der Waals surface area contributed by atoms with E-state index in [4.69, 9.17) is 9.47 Å². The van der Waals surface area contributed by atoms with Crippen molar-refractivity contribution in [1.82, 2.24) is 5.32 Å². The Kier molecular flexibility index (Phi) is 2.59. The molecule has 70 valence electrons. The molecule has 2 unspecified atom stereocenters. The molecule has 1 aromatic rings. The summed E-state index contributed by atoms with van der Waals surface area (Å²) >= 11 is 0. The highest BCUT2D eigenvalue weighted by Gasteiger charge is 2.25. The summed E-state index contributed by atoms with van der Waals surface area (Å²) in [6.07, 6.45) is -0.191. The zero-order chi connectivity index (χ0) is 9.10. The summed E-state index contributed by atoms with van der Waals surface area (Å²) in [5, 5.41) is 3.02. The number of benzene rings is 1. The Morgan fingerprint density at radius 2 is 2.08 bits per heavy atom. The Hall–Kier alpha value is -0.900. The van der Waals surface area contributed by atoms with E-state index < -0.39 is 0 Å². The van der Waals surface area contributed by atoms with E-state index in [1.807, 2.05) is 37.4 Å². The van der Waals surface area contributed by atoms with Gasteiger partial charge < -0.3 is 9.47 Å². The van der Waals surface area contributed by atoms with E-state index in [-0.39, 0.29) is 12.5 Å². The molecule has 0 radical (unpaired) electrons. The fraction of sp³-hybridized carbons (Fsp3) is 0.400. The van der Waals surface area contributed by atoms with E-state index in [2.05, 4.69) is 5.32 Å². The zero-order valence-corrected chi connectivity index (χ0v) is 7.57. The number of likely N-dealkylation sites (N-methyl/N-ethyl adjacent to an activating group) is 1. The number of hydrogen-bond donors (Lipinski definition) is 1. The van der Waals surface area contributed by atoms with Crippen molar-refractivity contribution >= 4 is 0 Å². The molecular formula is C10H13NO2. The lowest BCUT2D eigenvalue weighted by Gasteiger charge is -2.10. The smallest absolute Gasteiger partial charge is 0.186 e. The van der Waals surface area contributed by atoms with Gasteiger partial charge in [-0.25, -0.2) is 0 Å². The van der Waals surface area contributed by atoms with E-state index in [1.54, 1.807) is 0 Å². The third-order valence-corrected chi connectivity index (χ3v) is 2.08. The lowest BCUT2D eigenvalue weighted by atomic mass is 10.2. The number of rotatable bonds is 2. The lowest BCUT2D eigenvalue weighted by Crippen LogP contribution is -2.26. The number of hydrogen-bond acceptors (Lipinski definition) is 3. The number of nitrogens with one attached hydrogen (secondary N) is 1. The van der Waals surface area contributed by atoms with Crippen LogP contribution in [-0.2, 0) is 9.47 Å². The largest absolute Gasteiger partial charge is 0.344 e. The lowest BCUT2D eigenvalue weighted by molar-refractivity contribution is -0.0641. The maximum atomic E-state index is 5.56. The molecule has 3 nitrogen and oxygen atoms in total. The first-order valence-corrected chi connectivity index (χ1v) is 4.39. The molecule has 0 amide bonds. The first-order valence-electron chi connectivity index (χ1n) is 4.39. The minimum Gasteiger partial charge on any atom is -0.344 e. The Balaban J connectivity index is 2.04. The highest BCUT2D eigenvalue weighted by Crippen LogP contribution is 2.25. The molecule has 1 N–H and O–H groups in total. The van der Waals surface area contributed by atoms with Gasteiger partial charge in [0, 0.05) is 5.56 Å². The van der Waals surface area contributed by atoms with Crippen molar-refractivity contribution in [2.45, 2.75) is 12.5 Å². The topological polar surface area (TPSA) is 30.5 Å². The highest BCUT2D eigenvalue weighted by atomic mass is 16.7. The van der Waals surface area contributed by atoms with Gasteiger partial charge in [0.2, 0.25) is 0 Å². The molecule has 0 aliphatic carbocycles. The second-order valence-electron chi connectivity index (χ2n) is 2.99. The van der Waals surface area contributed by atoms with E-state index in [1.165, 1.54) is 0 Å². The maximum absolute atomic E-state index is 5.56. The van der Waals surface area contributed by atoms with Crippen LogP contribution in [0.2, 0.25) is 0 Å². The molecule has 13 heavy (non-hydrogen) atoms. The summed E-state index contributed by atoms with van der Waals surface area (Å²) in [4.78, 5) is 0. The Morgan fingerprint density at radius 1 is 1.31 bits per heavy atom. The van der Waals surface area contributed by atoms with E-state index in [0.717, 1.165) is 5.56 Å². The first kappa shape index (κ1) is 8.69. The summed E-state index contributed by atoms with van der Waals surface area (Å²) in [5.74, 6) is 0. The zero-order valence-electron chi connectivity index (χ0n) is 7.57. The summed E-state index contributed by atoms with van der Waals surface area (Å²) in [6.45, 7) is 0.607. The Bertz CT molecular complexity index is 263. The summed E-state index contributed by atoms with van der Waals surface area (Å²) in [5.41, 5.74) is 1.07. The van der Waals surface area contributed by atoms with E-state index in [0.29, 0.717) is 6.61 Å². The van der Waals surface area contributed by atoms with Gasteiger partial charge in [0.25, 0.3) is 0 Å². The molecule has 0 spiro atoms. The summed E-state index contributed by atoms with van der Waals surface area (Å²) in [6, 6.07) is 9.95. The average molecular weight is 179 g/mol. The molecule has 1 aromatic carbocycles. The predicted octanol–water partition coefficient (Wildman–Crippen LogP) is 1.28. The van der Waals surface area contributed by atoms with Crippen LogP contribution in [0.3, 0.4) is 0 Å². The molecule has 0 bridgehead atoms. The van der Waals surface area contributed by atoms with Gasteiger partial charge in [-0.15, -0.1) is 0 Å². The van der Waals surface area contributed by atoms with Crippen molar-refractivity contribution in [2.24, 2.45) is 0 Å². The molecule has 1 saturated heterocycles. The first-order chi connectivity index (χ1) is 6.40. The van der Waals surface area contributed by atoms with Crippen molar-refractivity contribution in [3.8, 4) is 0 Å². The second kappa shape index (κ2) is 3.87. The van der Waals surface area contributed by atoms with Gasteiger partial charge in [0.05, 0.1) is 6.61 Å². The molecular weight excluding hydrogens is 166 g/mol. The van der Waals surface area contributed by atoms with Crippen LogP contribution in [0.25, 0.3) is 0 Å². The Labute approximate surface area is 77.7 Å². The molecule has 2 atom stereocenters. The van der Waals surface area contributed by atoms with Crippen LogP contribution in [0, 0.1) is 0 Å². The fourth-order valence-electron chi connectivity index (χ4n) is 1.34. The van der Waals surface area contributed by atoms with Crippen LogP contribution in [-0.4, -0.2) is 19.9 Å². The Morgan fingerprint density at radius 3 is 2.69 bits per heavy atom. The van der Waals surface area contributed by atoms with Gasteiger partial charge in [0.1, 0.15) is 6.23 Å². The number of ether oxygens (including phenoxy) is 2. The molecule has 1 heterocycles. The SMILES string of the molecule is CNC1COC(c2ccccc2)O1. The molecule has 1 aliphatic rings. The summed E-state index contributed by atoms with van der Waals surface area (Å²) in [7, 11) is 1.86. The van der Waals surface area contributed by atoms with Gasteiger partial charge in [-0.3, -0.25) is 5.32 Å². The molecule has 1 aliphatic heterocycles. The maximum Gasteiger partial charge on any atom is 0.186 e. The van der Waals surface area contributed by atoms with Crippen LogP contribution in [0.4, 0.5) is 0 Å². The molecule has 0 saturated carbocycles. The van der Waals surface area contributed by atoms with Gasteiger partial charge in [-0.2, -0.15) is 0 Å². The van der Waals surface area contributed by atoms with Gasteiger partial charge >= 0.3 is 0 Å². The normalized spacial score (nSPS) is 27.8. The third kappa shape index (κ3) is 1.88. The molecule has 0 aromatic heterocycles. The highest BCUT2D eigenvalue weighted by molar-refractivity contribution is 5.16. The van der Waals surface area contributed by atoms with Crippen LogP contribution in [0.5, 0.6) is 0 Å². The predicted molar refractivity (Wildman–Crippen MR) is 49.1 cm³/mol. The van der Waals surface area contributed by atoms with Gasteiger partial charge in [-0.05, 0) is 7.05 Å². The van der Waals surface area contributed by atoms with E-state index >= 15 is 0 Å². The van der Waals surface area contributed by atoms with Crippen molar-refractivity contribution < 1.29 is 9.47 Å². The summed E-state index contributed by atoms with van der Waals surface area (Å²) < 4.78 is 11.0. The van der Waals surface area contributed by atoms with Gasteiger partial charge in [-0.1, -0.05) is 30.3 Å². The molecule has 1 fully saturated rings. The van der Waals surface area contributed by atoms with Crippen LogP contribution in [0.15, 0.2) is 30.3 Å². The fourth-order valence-corrected chi connectivity index (χ4v) is 1.34. The van der Waals surface area contributed by atoms with Gasteiger partial charge in [0.15, 0.2) is 6.29 Å².